The van der Waals surface area contributed by atoms with Gasteiger partial charge < -0.3 is 10.0 Å². The molecule has 2 aromatic carbocycles. The van der Waals surface area contributed by atoms with Gasteiger partial charge >= 0.3 is 0 Å². The Hall–Kier alpha value is -3.13. The van der Waals surface area contributed by atoms with Crippen LogP contribution in [0.3, 0.4) is 0 Å². The van der Waals surface area contributed by atoms with Crippen molar-refractivity contribution in [2.45, 2.75) is 39.3 Å². The Kier molecular flexibility index (Phi) is 4.69. The first-order chi connectivity index (χ1) is 14.1. The summed E-state index contributed by atoms with van der Waals surface area (Å²) in [6.07, 6.45) is 0. The van der Waals surface area contributed by atoms with Crippen LogP contribution in [0.4, 0.5) is 8.78 Å². The Morgan fingerprint density at radius 1 is 1.17 bits per heavy atom. The van der Waals surface area contributed by atoms with Crippen molar-refractivity contribution in [1.29, 1.82) is 0 Å². The Balaban J connectivity index is 1.72. The van der Waals surface area contributed by atoms with Gasteiger partial charge in [-0.2, -0.15) is 0 Å². The van der Waals surface area contributed by atoms with Crippen LogP contribution in [0.2, 0.25) is 0 Å². The first kappa shape index (κ1) is 20.2. The highest BCUT2D eigenvalue weighted by molar-refractivity contribution is 5.99. The molecule has 1 unspecified atom stereocenters. The van der Waals surface area contributed by atoms with Gasteiger partial charge in [0.25, 0.3) is 5.91 Å². The van der Waals surface area contributed by atoms with Crippen molar-refractivity contribution in [3.63, 3.8) is 0 Å². The summed E-state index contributed by atoms with van der Waals surface area (Å²) in [4.78, 5) is 14.4. The maximum atomic E-state index is 14.2. The van der Waals surface area contributed by atoms with Crippen LogP contribution in [-0.4, -0.2) is 43.1 Å². The lowest BCUT2D eigenvalue weighted by Crippen LogP contribution is -2.40. The number of aromatic nitrogens is 3. The molecule has 0 spiro atoms. The Morgan fingerprint density at radius 2 is 1.90 bits per heavy atom. The van der Waals surface area contributed by atoms with Gasteiger partial charge in [0.1, 0.15) is 17.2 Å². The molecule has 0 bridgehead atoms. The SMILES string of the molecule is Cc1c(-c2ccc3c(c2)C(C)N(CC(C)(C)O)C3=O)nnn1-c1ccc(F)cc1F. The second-order valence-corrected chi connectivity index (χ2v) is 8.25. The van der Waals surface area contributed by atoms with E-state index in [1.165, 1.54) is 16.8 Å². The number of β-amino-alcohol motifs (C(OH)–C–C–N with tert-alkyl or cyclic N) is 1. The topological polar surface area (TPSA) is 71.2 Å². The van der Waals surface area contributed by atoms with E-state index in [1.807, 2.05) is 13.0 Å². The van der Waals surface area contributed by atoms with Gasteiger partial charge in [-0.15, -0.1) is 5.10 Å². The lowest BCUT2D eigenvalue weighted by Gasteiger charge is -2.29. The van der Waals surface area contributed by atoms with Gasteiger partial charge in [-0.1, -0.05) is 11.3 Å². The summed E-state index contributed by atoms with van der Waals surface area (Å²) < 4.78 is 28.7. The molecule has 30 heavy (non-hydrogen) atoms. The van der Waals surface area contributed by atoms with Crippen molar-refractivity contribution in [2.75, 3.05) is 6.54 Å². The van der Waals surface area contributed by atoms with Crippen LogP contribution in [0.15, 0.2) is 36.4 Å². The summed E-state index contributed by atoms with van der Waals surface area (Å²) in [6.45, 7) is 7.21. The van der Waals surface area contributed by atoms with Crippen LogP contribution in [0.25, 0.3) is 16.9 Å². The molecule has 1 aromatic heterocycles. The summed E-state index contributed by atoms with van der Waals surface area (Å²) >= 11 is 0. The first-order valence-electron chi connectivity index (χ1n) is 9.62. The zero-order valence-corrected chi connectivity index (χ0v) is 17.1. The molecule has 0 saturated heterocycles. The largest absolute Gasteiger partial charge is 0.389 e. The molecule has 0 radical (unpaired) electrons. The average molecular weight is 412 g/mol. The number of hydrogen-bond donors (Lipinski definition) is 1. The third-order valence-electron chi connectivity index (χ3n) is 5.32. The number of nitrogens with zero attached hydrogens (tertiary/aromatic N) is 4. The van der Waals surface area contributed by atoms with Crippen molar-refractivity contribution in [1.82, 2.24) is 19.9 Å². The molecule has 1 N–H and O–H groups in total. The summed E-state index contributed by atoms with van der Waals surface area (Å²) in [5.74, 6) is -1.52. The fourth-order valence-electron chi connectivity index (χ4n) is 3.85. The van der Waals surface area contributed by atoms with Gasteiger partial charge in [0, 0.05) is 23.7 Å². The Bertz CT molecular complexity index is 1150. The number of carbonyl (C=O) groups excluding carboxylic acids is 1. The predicted molar refractivity (Wildman–Crippen MR) is 107 cm³/mol. The highest BCUT2D eigenvalue weighted by atomic mass is 19.1. The summed E-state index contributed by atoms with van der Waals surface area (Å²) in [6, 6.07) is 8.47. The highest BCUT2D eigenvalue weighted by Crippen LogP contribution is 2.37. The molecule has 4 rings (SSSR count). The maximum absolute atomic E-state index is 14.2. The Morgan fingerprint density at radius 3 is 2.57 bits per heavy atom. The van der Waals surface area contributed by atoms with Crippen molar-refractivity contribution in [3.05, 3.63) is 64.9 Å². The van der Waals surface area contributed by atoms with Crippen LogP contribution in [0.5, 0.6) is 0 Å². The second kappa shape index (κ2) is 6.98. The lowest BCUT2D eigenvalue weighted by atomic mass is 10.00. The van der Waals surface area contributed by atoms with E-state index in [2.05, 4.69) is 10.3 Å². The van der Waals surface area contributed by atoms with Gasteiger partial charge in [0.05, 0.1) is 17.3 Å². The molecule has 8 heteroatoms. The van der Waals surface area contributed by atoms with E-state index in [0.717, 1.165) is 17.2 Å². The number of aliphatic hydroxyl groups is 1. The van der Waals surface area contributed by atoms with Gasteiger partial charge in [-0.3, -0.25) is 4.79 Å². The predicted octanol–water partition coefficient (Wildman–Crippen LogP) is 3.81. The fraction of sp³-hybridized carbons (Fsp3) is 0.318. The van der Waals surface area contributed by atoms with Gasteiger partial charge in [-0.25, -0.2) is 13.5 Å². The second-order valence-electron chi connectivity index (χ2n) is 8.25. The monoisotopic (exact) mass is 412 g/mol. The number of halogens is 2. The number of fused-ring (bicyclic) bond motifs is 1. The van der Waals surface area contributed by atoms with E-state index in [1.54, 1.807) is 37.8 Å². The van der Waals surface area contributed by atoms with Crippen molar-refractivity contribution >= 4 is 5.91 Å². The van der Waals surface area contributed by atoms with Crippen molar-refractivity contribution in [2.24, 2.45) is 0 Å². The molecule has 3 aromatic rings. The average Bonchev–Trinajstić information content (AvgIpc) is 3.14. The number of benzene rings is 2. The zero-order valence-electron chi connectivity index (χ0n) is 17.1. The molecule has 0 saturated carbocycles. The fourth-order valence-corrected chi connectivity index (χ4v) is 3.85. The summed E-state index contributed by atoms with van der Waals surface area (Å²) in [5, 5.41) is 18.4. The van der Waals surface area contributed by atoms with Crippen LogP contribution < -0.4 is 0 Å². The van der Waals surface area contributed by atoms with E-state index < -0.39 is 17.2 Å². The third-order valence-corrected chi connectivity index (χ3v) is 5.32. The van der Waals surface area contributed by atoms with Crippen LogP contribution in [0, 0.1) is 18.6 Å². The Labute approximate surface area is 172 Å². The molecule has 6 nitrogen and oxygen atoms in total. The van der Waals surface area contributed by atoms with Gasteiger partial charge in [0.15, 0.2) is 5.82 Å². The maximum Gasteiger partial charge on any atom is 0.254 e. The van der Waals surface area contributed by atoms with E-state index in [9.17, 15) is 18.7 Å². The van der Waals surface area contributed by atoms with Crippen LogP contribution in [-0.2, 0) is 0 Å². The minimum absolute atomic E-state index is 0.105. The van der Waals surface area contributed by atoms with E-state index in [4.69, 9.17) is 0 Å². The normalized spacial score (nSPS) is 16.3. The molecule has 2 heterocycles. The molecule has 1 aliphatic rings. The third kappa shape index (κ3) is 3.37. The van der Waals surface area contributed by atoms with Crippen molar-refractivity contribution in [3.8, 4) is 16.9 Å². The quantitative estimate of drug-likeness (QED) is 0.708. The number of amides is 1. The lowest BCUT2D eigenvalue weighted by molar-refractivity contribution is 0.0243. The minimum atomic E-state index is -1.01. The summed E-state index contributed by atoms with van der Waals surface area (Å²) in [5.41, 5.74) is 2.40. The molecule has 0 aliphatic carbocycles. The van der Waals surface area contributed by atoms with Crippen LogP contribution >= 0.6 is 0 Å². The van der Waals surface area contributed by atoms with E-state index in [0.29, 0.717) is 17.0 Å². The molecular formula is C22H22F2N4O2. The smallest absolute Gasteiger partial charge is 0.254 e. The van der Waals surface area contributed by atoms with Gasteiger partial charge in [0.2, 0.25) is 0 Å². The number of carbonyl (C=O) groups is 1. The molecule has 1 amide bonds. The van der Waals surface area contributed by atoms with Crippen LogP contribution in [0.1, 0.15) is 48.4 Å². The highest BCUT2D eigenvalue weighted by Gasteiger charge is 2.36. The molecular weight excluding hydrogens is 390 g/mol. The zero-order chi connectivity index (χ0) is 21.8. The molecule has 0 fully saturated rings. The van der Waals surface area contributed by atoms with Gasteiger partial charge in [-0.05, 0) is 57.5 Å². The first-order valence-corrected chi connectivity index (χ1v) is 9.62. The molecule has 156 valence electrons. The summed E-state index contributed by atoms with van der Waals surface area (Å²) in [7, 11) is 0. The minimum Gasteiger partial charge on any atom is -0.389 e. The molecule has 1 atom stereocenters. The molecule has 1 aliphatic heterocycles. The van der Waals surface area contributed by atoms with Crippen molar-refractivity contribution < 1.29 is 18.7 Å². The number of hydrogen-bond acceptors (Lipinski definition) is 4. The van der Waals surface area contributed by atoms with E-state index >= 15 is 0 Å². The van der Waals surface area contributed by atoms with E-state index in [-0.39, 0.29) is 24.2 Å². The number of rotatable bonds is 4. The standard InChI is InChI=1S/C22H22F2N4O2/c1-12-17-9-14(5-7-16(17)21(29)27(12)11-22(3,4)30)20-13(2)28(26-25-20)19-8-6-15(23)10-18(19)24/h5-10,12,30H,11H2,1-4H3.